The Morgan fingerprint density at radius 1 is 1.40 bits per heavy atom. The van der Waals surface area contributed by atoms with Gasteiger partial charge in [0.25, 0.3) is 5.91 Å². The number of pyridine rings is 1. The molecule has 2 rings (SSSR count). The van der Waals surface area contributed by atoms with E-state index in [9.17, 15) is 4.79 Å². The second-order valence-corrected chi connectivity index (χ2v) is 5.87. The molecule has 1 fully saturated rings. The van der Waals surface area contributed by atoms with Crippen LogP contribution in [0, 0.1) is 0 Å². The number of likely N-dealkylation sites (tertiary alicyclic amines) is 1. The lowest BCUT2D eigenvalue weighted by molar-refractivity contribution is 0.0947. The van der Waals surface area contributed by atoms with Crippen molar-refractivity contribution in [3.63, 3.8) is 0 Å². The molecule has 1 aromatic heterocycles. The Bertz CT molecular complexity index is 460. The highest BCUT2D eigenvalue weighted by Crippen LogP contribution is 2.17. The summed E-state index contributed by atoms with van der Waals surface area (Å²) in [6, 6.07) is 1.79. The first kappa shape index (κ1) is 15.3. The van der Waals surface area contributed by atoms with Gasteiger partial charge in [-0.2, -0.15) is 0 Å². The first-order valence-electron chi connectivity index (χ1n) is 7.04. The molecule has 2 heterocycles. The molecular formula is C14H21BrN4O. The van der Waals surface area contributed by atoms with E-state index in [0.717, 1.165) is 24.1 Å². The fourth-order valence-corrected chi connectivity index (χ4v) is 2.75. The van der Waals surface area contributed by atoms with Crippen LogP contribution in [0.3, 0.4) is 0 Å². The van der Waals surface area contributed by atoms with Crippen LogP contribution in [-0.4, -0.2) is 49.0 Å². The number of carbonyl (C=O) groups is 1. The van der Waals surface area contributed by atoms with E-state index in [1.54, 1.807) is 19.3 Å². The van der Waals surface area contributed by atoms with Crippen molar-refractivity contribution in [2.24, 2.45) is 0 Å². The van der Waals surface area contributed by atoms with E-state index in [0.29, 0.717) is 17.9 Å². The predicted octanol–water partition coefficient (Wildman–Crippen LogP) is 2.10. The summed E-state index contributed by atoms with van der Waals surface area (Å²) in [6.07, 6.45) is 5.55. The second-order valence-electron chi connectivity index (χ2n) is 4.96. The van der Waals surface area contributed by atoms with Crippen molar-refractivity contribution >= 4 is 27.7 Å². The Morgan fingerprint density at radius 2 is 2.15 bits per heavy atom. The third kappa shape index (κ3) is 4.18. The molecule has 2 N–H and O–H groups in total. The fraction of sp³-hybridized carbons (Fsp3) is 0.571. The summed E-state index contributed by atoms with van der Waals surface area (Å²) in [6.45, 7) is 3.89. The summed E-state index contributed by atoms with van der Waals surface area (Å²) < 4.78 is 0.803. The highest BCUT2D eigenvalue weighted by Gasteiger charge is 2.14. The van der Waals surface area contributed by atoms with Gasteiger partial charge < -0.3 is 15.5 Å². The lowest BCUT2D eigenvalue weighted by Gasteiger charge is -2.26. The Balaban J connectivity index is 1.86. The van der Waals surface area contributed by atoms with Gasteiger partial charge in [0.2, 0.25) is 0 Å². The van der Waals surface area contributed by atoms with Crippen LogP contribution in [0.15, 0.2) is 16.7 Å². The molecule has 6 heteroatoms. The molecule has 1 aliphatic rings. The van der Waals surface area contributed by atoms with Gasteiger partial charge in [0.15, 0.2) is 0 Å². The molecular weight excluding hydrogens is 320 g/mol. The molecule has 0 saturated carbocycles. The molecule has 0 aliphatic carbocycles. The smallest absolute Gasteiger partial charge is 0.255 e. The van der Waals surface area contributed by atoms with Crippen molar-refractivity contribution in [3.8, 4) is 0 Å². The Kier molecular flexibility index (Phi) is 5.79. The van der Waals surface area contributed by atoms with Gasteiger partial charge in [0, 0.05) is 30.8 Å². The minimum Gasteiger partial charge on any atom is -0.372 e. The Labute approximate surface area is 128 Å². The topological polar surface area (TPSA) is 57.3 Å². The van der Waals surface area contributed by atoms with Crippen molar-refractivity contribution in [2.75, 3.05) is 38.5 Å². The summed E-state index contributed by atoms with van der Waals surface area (Å²) in [5.41, 5.74) is 0.570. The lowest BCUT2D eigenvalue weighted by Crippen LogP contribution is -2.37. The van der Waals surface area contributed by atoms with Crippen LogP contribution in [-0.2, 0) is 0 Å². The van der Waals surface area contributed by atoms with Gasteiger partial charge in [-0.25, -0.2) is 4.98 Å². The number of anilines is 1. The fourth-order valence-electron chi connectivity index (χ4n) is 2.42. The molecule has 0 unspecified atom stereocenters. The van der Waals surface area contributed by atoms with Crippen LogP contribution in [0.25, 0.3) is 0 Å². The Morgan fingerprint density at radius 3 is 2.85 bits per heavy atom. The van der Waals surface area contributed by atoms with Gasteiger partial charge in [-0.15, -0.1) is 0 Å². The molecule has 0 radical (unpaired) electrons. The minimum absolute atomic E-state index is 0.0832. The maximum Gasteiger partial charge on any atom is 0.255 e. The monoisotopic (exact) mass is 340 g/mol. The standard InChI is InChI=1S/C14H21BrN4O/c1-16-13-12(9-11(15)10-18-13)14(20)17-5-8-19-6-3-2-4-7-19/h9-10H,2-8H2,1H3,(H,16,18)(H,17,20). The number of nitrogens with one attached hydrogen (secondary N) is 2. The summed E-state index contributed by atoms with van der Waals surface area (Å²) in [5.74, 6) is 0.517. The first-order valence-corrected chi connectivity index (χ1v) is 7.84. The quantitative estimate of drug-likeness (QED) is 0.861. The van der Waals surface area contributed by atoms with E-state index < -0.39 is 0 Å². The molecule has 1 aromatic rings. The van der Waals surface area contributed by atoms with Crippen LogP contribution in [0.2, 0.25) is 0 Å². The number of halogens is 1. The van der Waals surface area contributed by atoms with Gasteiger partial charge in [-0.05, 0) is 47.9 Å². The van der Waals surface area contributed by atoms with E-state index in [2.05, 4.69) is 36.4 Å². The Hall–Kier alpha value is -1.14. The van der Waals surface area contributed by atoms with Gasteiger partial charge >= 0.3 is 0 Å². The average Bonchev–Trinajstić information content (AvgIpc) is 2.48. The van der Waals surface area contributed by atoms with Crippen LogP contribution < -0.4 is 10.6 Å². The maximum atomic E-state index is 12.2. The predicted molar refractivity (Wildman–Crippen MR) is 84.1 cm³/mol. The van der Waals surface area contributed by atoms with Crippen LogP contribution in [0.5, 0.6) is 0 Å². The van der Waals surface area contributed by atoms with E-state index in [1.807, 2.05) is 0 Å². The van der Waals surface area contributed by atoms with Crippen molar-refractivity contribution in [1.82, 2.24) is 15.2 Å². The van der Waals surface area contributed by atoms with Gasteiger partial charge in [0.1, 0.15) is 5.82 Å². The number of hydrogen-bond donors (Lipinski definition) is 2. The van der Waals surface area contributed by atoms with Crippen LogP contribution >= 0.6 is 15.9 Å². The van der Waals surface area contributed by atoms with Crippen molar-refractivity contribution in [3.05, 3.63) is 22.3 Å². The SMILES string of the molecule is CNc1ncc(Br)cc1C(=O)NCCN1CCCCC1. The van der Waals surface area contributed by atoms with E-state index in [1.165, 1.54) is 19.3 Å². The summed E-state index contributed by atoms with van der Waals surface area (Å²) >= 11 is 3.35. The zero-order valence-electron chi connectivity index (χ0n) is 11.8. The molecule has 5 nitrogen and oxygen atoms in total. The van der Waals surface area contributed by atoms with Gasteiger partial charge in [0.05, 0.1) is 5.56 Å². The first-order chi connectivity index (χ1) is 9.70. The number of hydrogen-bond acceptors (Lipinski definition) is 4. The number of nitrogens with zero attached hydrogens (tertiary/aromatic N) is 2. The molecule has 0 bridgehead atoms. The number of piperidine rings is 1. The maximum absolute atomic E-state index is 12.2. The van der Waals surface area contributed by atoms with Crippen LogP contribution in [0.1, 0.15) is 29.6 Å². The minimum atomic E-state index is -0.0832. The molecule has 1 aliphatic heterocycles. The number of amides is 1. The number of carbonyl (C=O) groups excluding carboxylic acids is 1. The van der Waals surface area contributed by atoms with E-state index in [4.69, 9.17) is 0 Å². The zero-order chi connectivity index (χ0) is 14.4. The number of aromatic nitrogens is 1. The number of rotatable bonds is 5. The summed E-state index contributed by atoms with van der Waals surface area (Å²) in [7, 11) is 1.76. The van der Waals surface area contributed by atoms with Crippen molar-refractivity contribution < 1.29 is 4.79 Å². The van der Waals surface area contributed by atoms with Crippen molar-refractivity contribution in [2.45, 2.75) is 19.3 Å². The molecule has 110 valence electrons. The molecule has 20 heavy (non-hydrogen) atoms. The highest BCUT2D eigenvalue weighted by atomic mass is 79.9. The normalized spacial score (nSPS) is 15.9. The van der Waals surface area contributed by atoms with Crippen molar-refractivity contribution in [1.29, 1.82) is 0 Å². The van der Waals surface area contributed by atoms with Crippen LogP contribution in [0.4, 0.5) is 5.82 Å². The third-order valence-corrected chi connectivity index (χ3v) is 3.93. The second kappa shape index (κ2) is 7.59. The van der Waals surface area contributed by atoms with Gasteiger partial charge in [-0.3, -0.25) is 4.79 Å². The van der Waals surface area contributed by atoms with Gasteiger partial charge in [-0.1, -0.05) is 6.42 Å². The average molecular weight is 341 g/mol. The zero-order valence-corrected chi connectivity index (χ0v) is 13.4. The largest absolute Gasteiger partial charge is 0.372 e. The summed E-state index contributed by atoms with van der Waals surface area (Å²) in [4.78, 5) is 18.8. The summed E-state index contributed by atoms with van der Waals surface area (Å²) in [5, 5.41) is 5.91. The van der Waals surface area contributed by atoms with E-state index in [-0.39, 0.29) is 5.91 Å². The molecule has 1 amide bonds. The molecule has 0 atom stereocenters. The molecule has 0 aromatic carbocycles. The highest BCUT2D eigenvalue weighted by molar-refractivity contribution is 9.10. The van der Waals surface area contributed by atoms with E-state index >= 15 is 0 Å². The molecule has 0 spiro atoms. The molecule has 1 saturated heterocycles. The third-order valence-electron chi connectivity index (χ3n) is 3.50. The lowest BCUT2D eigenvalue weighted by atomic mass is 10.1.